The SMILES string of the molecule is Cn1c(-c2c(-c3cc4ccccc4s3)n[nH]c2C(F)(F)F)cnc1C(=O)Nc1ccc(C(=O)N2CCN(C(=O)C3CC[N+](CC(=O)O)(CC4CNC4)CC3)CC2)c(Cl)c1. The number of anilines is 1. The molecule has 0 radical (unpaired) electrons. The fourth-order valence-electron chi connectivity index (χ4n) is 8.52. The molecule has 3 fully saturated rings. The van der Waals surface area contributed by atoms with Crippen molar-refractivity contribution in [3.63, 3.8) is 0 Å². The van der Waals surface area contributed by atoms with Crippen molar-refractivity contribution in [3.05, 3.63) is 76.8 Å². The highest BCUT2D eigenvalue weighted by atomic mass is 35.5. The topological polar surface area (TPSA) is 166 Å². The summed E-state index contributed by atoms with van der Waals surface area (Å²) >= 11 is 7.88. The first-order valence-electron chi connectivity index (χ1n) is 19.3. The van der Waals surface area contributed by atoms with Crippen LogP contribution in [-0.2, 0) is 22.8 Å². The summed E-state index contributed by atoms with van der Waals surface area (Å²) in [5, 5.41) is 22.7. The van der Waals surface area contributed by atoms with Crippen LogP contribution >= 0.6 is 22.9 Å². The molecule has 3 saturated heterocycles. The molecular weight excluding hydrogens is 811 g/mol. The van der Waals surface area contributed by atoms with Crippen molar-refractivity contribution in [2.24, 2.45) is 18.9 Å². The average Bonchev–Trinajstić information content (AvgIpc) is 3.92. The number of aromatic nitrogens is 4. The molecule has 4 N–H and O–H groups in total. The predicted octanol–water partition coefficient (Wildman–Crippen LogP) is 5.43. The van der Waals surface area contributed by atoms with Crippen molar-refractivity contribution < 1.29 is 41.9 Å². The van der Waals surface area contributed by atoms with Crippen molar-refractivity contribution in [1.82, 2.24) is 34.9 Å². The summed E-state index contributed by atoms with van der Waals surface area (Å²) in [7, 11) is 1.44. The van der Waals surface area contributed by atoms with E-state index in [0.717, 1.165) is 29.7 Å². The number of carbonyl (C=O) groups is 4. The van der Waals surface area contributed by atoms with Gasteiger partial charge in [0.2, 0.25) is 5.91 Å². The number of imidazole rings is 1. The quantitative estimate of drug-likeness (QED) is 0.135. The molecule has 3 aliphatic heterocycles. The van der Waals surface area contributed by atoms with Crippen LogP contribution in [0.5, 0.6) is 0 Å². The molecule has 3 aromatic heterocycles. The molecule has 0 atom stereocenters. The van der Waals surface area contributed by atoms with Gasteiger partial charge in [0, 0.05) is 81.4 Å². The zero-order chi connectivity index (χ0) is 41.6. The number of hydrogen-bond acceptors (Lipinski definition) is 8. The number of carboxylic acids is 1. The fourth-order valence-corrected chi connectivity index (χ4v) is 9.84. The maximum atomic E-state index is 14.3. The molecule has 14 nitrogen and oxygen atoms in total. The smallest absolute Gasteiger partial charge is 0.433 e. The zero-order valence-electron chi connectivity index (χ0n) is 32.0. The minimum absolute atomic E-state index is 0.0254. The van der Waals surface area contributed by atoms with Crippen LogP contribution in [0.25, 0.3) is 31.9 Å². The van der Waals surface area contributed by atoms with Crippen LogP contribution in [0.2, 0.25) is 5.02 Å². The van der Waals surface area contributed by atoms with E-state index in [-0.39, 0.29) is 63.3 Å². The number of aromatic amines is 1. The molecule has 59 heavy (non-hydrogen) atoms. The number of benzene rings is 2. The van der Waals surface area contributed by atoms with E-state index in [1.165, 1.54) is 47.3 Å². The Morgan fingerprint density at radius 2 is 1.73 bits per heavy atom. The number of hydrogen-bond donors (Lipinski definition) is 4. The van der Waals surface area contributed by atoms with Crippen LogP contribution in [-0.4, -0.2) is 128 Å². The van der Waals surface area contributed by atoms with Gasteiger partial charge in [-0.1, -0.05) is 29.8 Å². The molecular formula is C40H42ClF3N9O5S+. The maximum absolute atomic E-state index is 14.3. The van der Waals surface area contributed by atoms with Gasteiger partial charge in [-0.05, 0) is 35.7 Å². The number of thiophene rings is 1. The minimum atomic E-state index is -4.77. The normalized spacial score (nSPS) is 20.1. The lowest BCUT2D eigenvalue weighted by Gasteiger charge is -2.46. The Balaban J connectivity index is 0.897. The Hall–Kier alpha value is -5.30. The Morgan fingerprint density at radius 1 is 1.02 bits per heavy atom. The number of alkyl halides is 3. The number of piperidine rings is 1. The zero-order valence-corrected chi connectivity index (χ0v) is 33.6. The number of fused-ring (bicyclic) bond motifs is 1. The van der Waals surface area contributed by atoms with E-state index >= 15 is 0 Å². The average molecular weight is 853 g/mol. The third-order valence-corrected chi connectivity index (χ3v) is 13.2. The first-order valence-corrected chi connectivity index (χ1v) is 20.5. The molecule has 8 rings (SSSR count). The van der Waals surface area contributed by atoms with Crippen molar-refractivity contribution in [2.75, 3.05) is 70.8 Å². The number of nitrogens with zero attached hydrogens (tertiary/aromatic N) is 6. The molecule has 3 amide bonds. The van der Waals surface area contributed by atoms with Gasteiger partial charge in [-0.3, -0.25) is 19.5 Å². The van der Waals surface area contributed by atoms with E-state index in [4.69, 9.17) is 11.6 Å². The Morgan fingerprint density at radius 3 is 2.37 bits per heavy atom. The number of piperazine rings is 1. The second-order valence-electron chi connectivity index (χ2n) is 15.6. The first-order chi connectivity index (χ1) is 28.2. The lowest BCUT2D eigenvalue weighted by molar-refractivity contribution is -0.929. The first kappa shape index (κ1) is 40.5. The van der Waals surface area contributed by atoms with Gasteiger partial charge in [-0.25, -0.2) is 9.78 Å². The van der Waals surface area contributed by atoms with Crippen LogP contribution in [0.4, 0.5) is 18.9 Å². The van der Waals surface area contributed by atoms with E-state index in [1.54, 1.807) is 15.9 Å². The number of amides is 3. The Kier molecular flexibility index (Phi) is 11.0. The third-order valence-electron chi connectivity index (χ3n) is 11.7. The summed E-state index contributed by atoms with van der Waals surface area (Å²) in [4.78, 5) is 60.3. The van der Waals surface area contributed by atoms with Crippen LogP contribution in [0, 0.1) is 11.8 Å². The summed E-state index contributed by atoms with van der Waals surface area (Å²) in [5.74, 6) is -1.72. The molecule has 19 heteroatoms. The summed E-state index contributed by atoms with van der Waals surface area (Å²) in [6, 6.07) is 13.6. The van der Waals surface area contributed by atoms with Crippen molar-refractivity contribution in [3.8, 4) is 21.8 Å². The summed E-state index contributed by atoms with van der Waals surface area (Å²) in [6.45, 7) is 5.29. The highest BCUT2D eigenvalue weighted by Gasteiger charge is 2.43. The number of quaternary nitrogens is 1. The molecule has 310 valence electrons. The molecule has 0 aliphatic carbocycles. The number of rotatable bonds is 10. The molecule has 2 aromatic carbocycles. The lowest BCUT2D eigenvalue weighted by Crippen LogP contribution is -2.62. The largest absolute Gasteiger partial charge is 0.477 e. The molecule has 0 bridgehead atoms. The summed E-state index contributed by atoms with van der Waals surface area (Å²) in [6.07, 6.45) is -2.32. The number of aliphatic carboxylic acids is 1. The fraction of sp³-hybridized carbons (Fsp3) is 0.400. The predicted molar refractivity (Wildman–Crippen MR) is 215 cm³/mol. The Bertz CT molecular complexity index is 2390. The number of H-pyrrole nitrogens is 1. The van der Waals surface area contributed by atoms with Gasteiger partial charge < -0.3 is 34.6 Å². The van der Waals surface area contributed by atoms with Gasteiger partial charge in [-0.15, -0.1) is 11.3 Å². The van der Waals surface area contributed by atoms with Gasteiger partial charge in [0.1, 0.15) is 11.4 Å². The second-order valence-corrected chi connectivity index (χ2v) is 17.1. The molecule has 0 saturated carbocycles. The van der Waals surface area contributed by atoms with Crippen LogP contribution < -0.4 is 10.6 Å². The molecule has 6 heterocycles. The number of carboxylic acid groups (broad SMARTS) is 1. The van der Waals surface area contributed by atoms with Gasteiger partial charge in [0.25, 0.3) is 11.8 Å². The number of nitrogens with one attached hydrogen (secondary N) is 3. The molecule has 3 aliphatic rings. The highest BCUT2D eigenvalue weighted by molar-refractivity contribution is 7.22. The van der Waals surface area contributed by atoms with E-state index in [1.807, 2.05) is 24.3 Å². The summed E-state index contributed by atoms with van der Waals surface area (Å²) < 4.78 is 45.4. The second kappa shape index (κ2) is 16.0. The van der Waals surface area contributed by atoms with E-state index in [0.29, 0.717) is 67.4 Å². The van der Waals surface area contributed by atoms with Gasteiger partial charge >= 0.3 is 12.1 Å². The number of halogens is 4. The Labute approximate surface area is 345 Å². The third kappa shape index (κ3) is 8.18. The monoisotopic (exact) mass is 852 g/mol. The van der Waals surface area contributed by atoms with Crippen molar-refractivity contribution in [2.45, 2.75) is 19.0 Å². The van der Waals surface area contributed by atoms with Gasteiger partial charge in [-0.2, -0.15) is 18.3 Å². The van der Waals surface area contributed by atoms with Crippen LogP contribution in [0.3, 0.4) is 0 Å². The number of likely N-dealkylation sites (tertiary alicyclic amines) is 1. The minimum Gasteiger partial charge on any atom is -0.477 e. The van der Waals surface area contributed by atoms with Crippen molar-refractivity contribution >= 4 is 62.4 Å². The van der Waals surface area contributed by atoms with Crippen molar-refractivity contribution in [1.29, 1.82) is 0 Å². The molecule has 5 aromatic rings. The van der Waals surface area contributed by atoms with Crippen LogP contribution in [0.1, 0.15) is 39.5 Å². The number of carbonyl (C=O) groups excluding carboxylic acids is 3. The van der Waals surface area contributed by atoms with Gasteiger partial charge in [0.15, 0.2) is 12.4 Å². The lowest BCUT2D eigenvalue weighted by atomic mass is 9.90. The van der Waals surface area contributed by atoms with E-state index in [9.17, 15) is 37.5 Å². The summed E-state index contributed by atoms with van der Waals surface area (Å²) in [5.41, 5.74) is -0.753. The van der Waals surface area contributed by atoms with E-state index < -0.39 is 23.7 Å². The molecule has 0 unspecified atom stereocenters. The van der Waals surface area contributed by atoms with E-state index in [2.05, 4.69) is 25.8 Å². The molecule has 0 spiro atoms. The standard InChI is InChI=1S/C40H41ClF3N9O5S/c1-50-29(33-34(48-49-35(33)40(42,43)44)31-16-25-4-2-3-5-30(25)59-31)20-46-36(50)37(56)47-26-6-7-27(28(41)17-26)39(58)52-12-10-51(11-13-52)38(57)24-8-14-53(15-9-24,22-32(54)55)21-23-18-45-19-23/h2-7,16-17,20,23-24,45H,8-15,18-19,21-22H2,1H3,(H2-,47,48,49,54,55,56,58)/p+1. The highest BCUT2D eigenvalue weighted by Crippen LogP contribution is 2.44. The van der Waals surface area contributed by atoms with Gasteiger partial charge in [0.05, 0.1) is 52.6 Å². The van der Waals surface area contributed by atoms with Crippen LogP contribution in [0.15, 0.2) is 54.7 Å². The maximum Gasteiger partial charge on any atom is 0.433 e.